The van der Waals surface area contributed by atoms with Crippen LogP contribution in [0.5, 0.6) is 0 Å². The third kappa shape index (κ3) is 2.37. The molecule has 5 heteroatoms. The van der Waals surface area contributed by atoms with Gasteiger partial charge in [-0.05, 0) is 31.6 Å². The van der Waals surface area contributed by atoms with Gasteiger partial charge in [0.05, 0.1) is 29.3 Å². The van der Waals surface area contributed by atoms with Gasteiger partial charge in [-0.2, -0.15) is 0 Å². The van der Waals surface area contributed by atoms with E-state index in [0.29, 0.717) is 18.1 Å². The van der Waals surface area contributed by atoms with Crippen LogP contribution in [0.1, 0.15) is 60.8 Å². The Morgan fingerprint density at radius 3 is 3.15 bits per heavy atom. The van der Waals surface area contributed by atoms with E-state index in [9.17, 15) is 4.79 Å². The summed E-state index contributed by atoms with van der Waals surface area (Å²) in [6, 6.07) is 0.458. The van der Waals surface area contributed by atoms with Crippen molar-refractivity contribution in [2.24, 2.45) is 0 Å². The SMILES string of the molecule is CCC(C)c1nc(N2CCOC3CCCC32)sc1C=O. The second-order valence-electron chi connectivity index (χ2n) is 5.77. The van der Waals surface area contributed by atoms with E-state index >= 15 is 0 Å². The number of rotatable bonds is 4. The lowest BCUT2D eigenvalue weighted by Gasteiger charge is -2.37. The molecule has 0 spiro atoms. The fourth-order valence-electron chi connectivity index (χ4n) is 3.25. The van der Waals surface area contributed by atoms with Crippen molar-refractivity contribution < 1.29 is 9.53 Å². The third-order valence-corrected chi connectivity index (χ3v) is 5.62. The molecule has 0 aromatic carbocycles. The molecule has 2 aliphatic rings. The molecule has 0 amide bonds. The highest BCUT2D eigenvalue weighted by atomic mass is 32.1. The zero-order valence-corrected chi connectivity index (χ0v) is 13.0. The summed E-state index contributed by atoms with van der Waals surface area (Å²) in [5, 5.41) is 1.02. The predicted octanol–water partition coefficient (Wildman–Crippen LogP) is 3.23. The number of aromatic nitrogens is 1. The maximum absolute atomic E-state index is 11.3. The molecular formula is C15H22N2O2S. The van der Waals surface area contributed by atoms with Gasteiger partial charge in [-0.15, -0.1) is 0 Å². The number of anilines is 1. The first-order chi connectivity index (χ1) is 9.74. The summed E-state index contributed by atoms with van der Waals surface area (Å²) >= 11 is 1.55. The van der Waals surface area contributed by atoms with Gasteiger partial charge >= 0.3 is 0 Å². The summed E-state index contributed by atoms with van der Waals surface area (Å²) in [6.07, 6.45) is 5.91. The summed E-state index contributed by atoms with van der Waals surface area (Å²) in [7, 11) is 0. The quantitative estimate of drug-likeness (QED) is 0.800. The van der Waals surface area contributed by atoms with E-state index in [-0.39, 0.29) is 0 Å². The number of fused-ring (bicyclic) bond motifs is 1. The molecule has 1 aromatic heterocycles. The second-order valence-corrected chi connectivity index (χ2v) is 6.78. The first kappa shape index (κ1) is 14.0. The largest absolute Gasteiger partial charge is 0.374 e. The summed E-state index contributed by atoms with van der Waals surface area (Å²) in [5.41, 5.74) is 0.975. The minimum atomic E-state index is 0.348. The Morgan fingerprint density at radius 1 is 1.55 bits per heavy atom. The molecule has 1 saturated carbocycles. The fraction of sp³-hybridized carbons (Fsp3) is 0.733. The number of nitrogens with zero attached hydrogens (tertiary/aromatic N) is 2. The highest BCUT2D eigenvalue weighted by Gasteiger charge is 2.37. The molecular weight excluding hydrogens is 272 g/mol. The van der Waals surface area contributed by atoms with E-state index in [0.717, 1.165) is 48.0 Å². The van der Waals surface area contributed by atoms with Crippen molar-refractivity contribution in [2.75, 3.05) is 18.1 Å². The molecule has 0 bridgehead atoms. The van der Waals surface area contributed by atoms with Gasteiger partial charge in [0.1, 0.15) is 0 Å². The molecule has 1 aliphatic carbocycles. The number of hydrogen-bond acceptors (Lipinski definition) is 5. The Hall–Kier alpha value is -0.940. The van der Waals surface area contributed by atoms with Gasteiger partial charge in [0.2, 0.25) is 0 Å². The van der Waals surface area contributed by atoms with Gasteiger partial charge in [0.15, 0.2) is 11.4 Å². The summed E-state index contributed by atoms with van der Waals surface area (Å²) in [6.45, 7) is 5.95. The Morgan fingerprint density at radius 2 is 2.40 bits per heavy atom. The van der Waals surface area contributed by atoms with E-state index in [1.807, 2.05) is 0 Å². The van der Waals surface area contributed by atoms with E-state index in [2.05, 4.69) is 18.7 Å². The van der Waals surface area contributed by atoms with Crippen LogP contribution in [0.2, 0.25) is 0 Å². The zero-order valence-electron chi connectivity index (χ0n) is 12.2. The average molecular weight is 294 g/mol. The normalized spacial score (nSPS) is 27.4. The van der Waals surface area contributed by atoms with Gasteiger partial charge in [0, 0.05) is 6.54 Å². The molecule has 1 aliphatic heterocycles. The highest BCUT2D eigenvalue weighted by Crippen LogP contribution is 2.37. The van der Waals surface area contributed by atoms with Crippen LogP contribution < -0.4 is 4.90 Å². The van der Waals surface area contributed by atoms with Crippen molar-refractivity contribution in [3.8, 4) is 0 Å². The van der Waals surface area contributed by atoms with Gasteiger partial charge in [-0.3, -0.25) is 4.79 Å². The third-order valence-electron chi connectivity index (χ3n) is 4.58. The summed E-state index contributed by atoms with van der Waals surface area (Å²) in [5.74, 6) is 0.348. The Kier molecular flexibility index (Phi) is 4.08. The van der Waals surface area contributed by atoms with Crippen LogP contribution in [0.15, 0.2) is 0 Å². The summed E-state index contributed by atoms with van der Waals surface area (Å²) in [4.78, 5) is 19.3. The van der Waals surface area contributed by atoms with Gasteiger partial charge in [-0.25, -0.2) is 4.98 Å². The highest BCUT2D eigenvalue weighted by molar-refractivity contribution is 7.17. The van der Waals surface area contributed by atoms with Crippen LogP contribution in [-0.2, 0) is 4.74 Å². The summed E-state index contributed by atoms with van der Waals surface area (Å²) < 4.78 is 5.85. The van der Waals surface area contributed by atoms with Crippen LogP contribution in [-0.4, -0.2) is 36.6 Å². The number of morpholine rings is 1. The van der Waals surface area contributed by atoms with E-state index in [4.69, 9.17) is 9.72 Å². The number of ether oxygens (including phenoxy) is 1. The standard InChI is InChI=1S/C15H22N2O2S/c1-3-10(2)14-13(9-18)20-15(16-14)17-7-8-19-12-6-4-5-11(12)17/h9-12H,3-8H2,1-2H3. The molecule has 3 rings (SSSR count). The van der Waals surface area contributed by atoms with E-state index < -0.39 is 0 Å². The van der Waals surface area contributed by atoms with E-state index in [1.165, 1.54) is 12.8 Å². The lowest BCUT2D eigenvalue weighted by atomic mass is 10.0. The van der Waals surface area contributed by atoms with E-state index in [1.54, 1.807) is 11.3 Å². The second kappa shape index (κ2) is 5.82. The molecule has 1 saturated heterocycles. The number of thiazole rings is 1. The van der Waals surface area contributed by atoms with Crippen molar-refractivity contribution >= 4 is 22.8 Å². The molecule has 2 fully saturated rings. The lowest BCUT2D eigenvalue weighted by Crippen LogP contribution is -2.48. The molecule has 3 atom stereocenters. The van der Waals surface area contributed by atoms with Crippen molar-refractivity contribution in [1.29, 1.82) is 0 Å². The minimum Gasteiger partial charge on any atom is -0.374 e. The first-order valence-corrected chi connectivity index (χ1v) is 8.40. The molecule has 1 aromatic rings. The zero-order chi connectivity index (χ0) is 14.1. The molecule has 20 heavy (non-hydrogen) atoms. The van der Waals surface area contributed by atoms with Crippen LogP contribution in [0.25, 0.3) is 0 Å². The molecule has 2 heterocycles. The smallest absolute Gasteiger partial charge is 0.186 e. The van der Waals surface area contributed by atoms with Gasteiger partial charge in [-0.1, -0.05) is 25.2 Å². The lowest BCUT2D eigenvalue weighted by molar-refractivity contribution is 0.0256. The minimum absolute atomic E-state index is 0.348. The van der Waals surface area contributed by atoms with Gasteiger partial charge < -0.3 is 9.64 Å². The maximum atomic E-state index is 11.3. The number of carbonyl (C=O) groups is 1. The van der Waals surface area contributed by atoms with Crippen LogP contribution in [0, 0.1) is 0 Å². The average Bonchev–Trinajstić information content (AvgIpc) is 3.12. The molecule has 4 nitrogen and oxygen atoms in total. The van der Waals surface area contributed by atoms with Crippen LogP contribution >= 0.6 is 11.3 Å². The Bertz CT molecular complexity index is 488. The molecule has 3 unspecified atom stereocenters. The van der Waals surface area contributed by atoms with Crippen LogP contribution in [0.4, 0.5) is 5.13 Å². The molecule has 0 N–H and O–H groups in total. The first-order valence-electron chi connectivity index (χ1n) is 7.58. The Labute approximate surface area is 124 Å². The number of hydrogen-bond donors (Lipinski definition) is 0. The number of carbonyl (C=O) groups excluding carboxylic acids is 1. The number of aldehydes is 1. The van der Waals surface area contributed by atoms with Crippen molar-refractivity contribution in [3.05, 3.63) is 10.6 Å². The molecule has 0 radical (unpaired) electrons. The monoisotopic (exact) mass is 294 g/mol. The fourth-order valence-corrected chi connectivity index (χ4v) is 4.33. The topological polar surface area (TPSA) is 42.4 Å². The predicted molar refractivity (Wildman–Crippen MR) is 80.9 cm³/mol. The van der Waals surface area contributed by atoms with Crippen molar-refractivity contribution in [1.82, 2.24) is 4.98 Å². The maximum Gasteiger partial charge on any atom is 0.186 e. The van der Waals surface area contributed by atoms with Crippen LogP contribution in [0.3, 0.4) is 0 Å². The Balaban J connectivity index is 1.89. The van der Waals surface area contributed by atoms with Crippen molar-refractivity contribution in [2.45, 2.75) is 57.6 Å². The molecule has 110 valence electrons. The van der Waals surface area contributed by atoms with Gasteiger partial charge in [0.25, 0.3) is 0 Å². The van der Waals surface area contributed by atoms with Crippen molar-refractivity contribution in [3.63, 3.8) is 0 Å².